The number of nitrogens with zero attached hydrogens (tertiary/aromatic N) is 3. The fourth-order valence-corrected chi connectivity index (χ4v) is 3.45. The third-order valence-electron chi connectivity index (χ3n) is 3.77. The number of thiophene rings is 1. The summed E-state index contributed by atoms with van der Waals surface area (Å²) in [4.78, 5) is 13.2. The summed E-state index contributed by atoms with van der Waals surface area (Å²) in [6.07, 6.45) is 2.29. The third kappa shape index (κ3) is 3.15. The number of amides is 1. The van der Waals surface area contributed by atoms with E-state index < -0.39 is 0 Å². The average Bonchev–Trinajstić information content (AvgIpc) is 3.06. The van der Waals surface area contributed by atoms with Crippen molar-refractivity contribution in [3.05, 3.63) is 34.0 Å². The Labute approximate surface area is 128 Å². The van der Waals surface area contributed by atoms with Crippen LogP contribution in [0.3, 0.4) is 0 Å². The van der Waals surface area contributed by atoms with Crippen LogP contribution >= 0.6 is 11.3 Å². The SMILES string of the molecule is CC(C)c1nnc2n1CC(NC(=O)Cc1cccs1)CC2. The molecule has 2 aromatic rings. The van der Waals surface area contributed by atoms with Gasteiger partial charge in [-0.1, -0.05) is 19.9 Å². The van der Waals surface area contributed by atoms with E-state index >= 15 is 0 Å². The number of hydrogen-bond acceptors (Lipinski definition) is 4. The third-order valence-corrected chi connectivity index (χ3v) is 4.65. The van der Waals surface area contributed by atoms with Crippen LogP contribution in [0.1, 0.15) is 42.7 Å². The molecule has 0 spiro atoms. The minimum atomic E-state index is 0.102. The van der Waals surface area contributed by atoms with Crippen molar-refractivity contribution < 1.29 is 4.79 Å². The molecule has 0 saturated carbocycles. The van der Waals surface area contributed by atoms with Gasteiger partial charge in [-0.05, 0) is 17.9 Å². The molecule has 0 radical (unpaired) electrons. The van der Waals surface area contributed by atoms with Crippen LogP contribution in [-0.4, -0.2) is 26.7 Å². The van der Waals surface area contributed by atoms with Gasteiger partial charge in [0.05, 0.1) is 6.42 Å². The second-order valence-corrected chi connectivity index (χ2v) is 6.83. The van der Waals surface area contributed by atoms with E-state index in [1.807, 2.05) is 17.5 Å². The standard InChI is InChI=1S/C15H20N4OS/c1-10(2)15-18-17-13-6-5-11(9-19(13)15)16-14(20)8-12-4-3-7-21-12/h3-4,7,10-11H,5-6,8-9H2,1-2H3,(H,16,20). The quantitative estimate of drug-likeness (QED) is 0.941. The van der Waals surface area contributed by atoms with Gasteiger partial charge in [0.1, 0.15) is 11.6 Å². The number of hydrogen-bond donors (Lipinski definition) is 1. The number of nitrogens with one attached hydrogen (secondary N) is 1. The summed E-state index contributed by atoms with van der Waals surface area (Å²) in [5.41, 5.74) is 0. The van der Waals surface area contributed by atoms with Crippen molar-refractivity contribution in [2.75, 3.05) is 0 Å². The molecule has 3 heterocycles. The van der Waals surface area contributed by atoms with E-state index in [-0.39, 0.29) is 11.9 Å². The Bertz CT molecular complexity index is 618. The summed E-state index contributed by atoms with van der Waals surface area (Å²) in [6.45, 7) is 5.03. The Morgan fingerprint density at radius 2 is 2.38 bits per heavy atom. The van der Waals surface area contributed by atoms with Crippen molar-refractivity contribution >= 4 is 17.2 Å². The summed E-state index contributed by atoms with van der Waals surface area (Å²) in [6, 6.07) is 4.16. The zero-order valence-corrected chi connectivity index (χ0v) is 13.2. The number of carbonyl (C=O) groups excluding carboxylic acids is 1. The maximum absolute atomic E-state index is 12.1. The molecule has 0 aromatic carbocycles. The van der Waals surface area contributed by atoms with Crippen molar-refractivity contribution in [1.82, 2.24) is 20.1 Å². The van der Waals surface area contributed by atoms with Gasteiger partial charge in [-0.15, -0.1) is 21.5 Å². The lowest BCUT2D eigenvalue weighted by atomic mass is 10.1. The van der Waals surface area contributed by atoms with Crippen LogP contribution in [0.5, 0.6) is 0 Å². The van der Waals surface area contributed by atoms with Gasteiger partial charge in [0.2, 0.25) is 5.91 Å². The second-order valence-electron chi connectivity index (χ2n) is 5.80. The molecule has 1 aliphatic heterocycles. The first-order chi connectivity index (χ1) is 10.1. The molecule has 1 atom stereocenters. The highest BCUT2D eigenvalue weighted by Gasteiger charge is 2.24. The van der Waals surface area contributed by atoms with Gasteiger partial charge in [0, 0.05) is 29.8 Å². The lowest BCUT2D eigenvalue weighted by Gasteiger charge is -2.25. The molecule has 1 amide bonds. The number of aromatic nitrogens is 3. The van der Waals surface area contributed by atoms with E-state index in [2.05, 4.69) is 33.9 Å². The first-order valence-electron chi connectivity index (χ1n) is 7.37. The van der Waals surface area contributed by atoms with Crippen LogP contribution in [0.25, 0.3) is 0 Å². The lowest BCUT2D eigenvalue weighted by Crippen LogP contribution is -2.42. The molecular weight excluding hydrogens is 284 g/mol. The van der Waals surface area contributed by atoms with Crippen LogP contribution in [-0.2, 0) is 24.2 Å². The number of rotatable bonds is 4. The highest BCUT2D eigenvalue weighted by atomic mass is 32.1. The molecule has 5 nitrogen and oxygen atoms in total. The van der Waals surface area contributed by atoms with Gasteiger partial charge < -0.3 is 9.88 Å². The minimum absolute atomic E-state index is 0.102. The number of aryl methyl sites for hydroxylation is 1. The van der Waals surface area contributed by atoms with Crippen molar-refractivity contribution in [3.8, 4) is 0 Å². The van der Waals surface area contributed by atoms with Gasteiger partial charge in [0.15, 0.2) is 0 Å². The van der Waals surface area contributed by atoms with E-state index in [9.17, 15) is 4.79 Å². The van der Waals surface area contributed by atoms with Crippen molar-refractivity contribution in [2.24, 2.45) is 0 Å². The van der Waals surface area contributed by atoms with Crippen LogP contribution < -0.4 is 5.32 Å². The van der Waals surface area contributed by atoms with Gasteiger partial charge in [-0.3, -0.25) is 4.79 Å². The average molecular weight is 304 g/mol. The van der Waals surface area contributed by atoms with E-state index in [0.717, 1.165) is 35.9 Å². The zero-order chi connectivity index (χ0) is 14.8. The van der Waals surface area contributed by atoms with Gasteiger partial charge in [0.25, 0.3) is 0 Å². The fourth-order valence-electron chi connectivity index (χ4n) is 2.74. The van der Waals surface area contributed by atoms with E-state index in [0.29, 0.717) is 12.3 Å². The molecular formula is C15H20N4OS. The molecule has 1 aliphatic rings. The van der Waals surface area contributed by atoms with Gasteiger partial charge >= 0.3 is 0 Å². The zero-order valence-electron chi connectivity index (χ0n) is 12.4. The van der Waals surface area contributed by atoms with Crippen LogP contribution in [0.2, 0.25) is 0 Å². The largest absolute Gasteiger partial charge is 0.351 e. The fraction of sp³-hybridized carbons (Fsp3) is 0.533. The summed E-state index contributed by atoms with van der Waals surface area (Å²) in [5.74, 6) is 2.52. The summed E-state index contributed by atoms with van der Waals surface area (Å²) >= 11 is 1.62. The highest BCUT2D eigenvalue weighted by molar-refractivity contribution is 7.10. The predicted molar refractivity (Wildman–Crippen MR) is 82.4 cm³/mol. The summed E-state index contributed by atoms with van der Waals surface area (Å²) in [7, 11) is 0. The monoisotopic (exact) mass is 304 g/mol. The maximum Gasteiger partial charge on any atom is 0.225 e. The molecule has 3 rings (SSSR count). The van der Waals surface area contributed by atoms with Crippen LogP contribution in [0.15, 0.2) is 17.5 Å². The van der Waals surface area contributed by atoms with Gasteiger partial charge in [-0.2, -0.15) is 0 Å². The summed E-state index contributed by atoms with van der Waals surface area (Å²) in [5, 5.41) is 13.7. The van der Waals surface area contributed by atoms with Crippen molar-refractivity contribution in [2.45, 2.75) is 51.6 Å². The molecule has 1 unspecified atom stereocenters. The van der Waals surface area contributed by atoms with Gasteiger partial charge in [-0.25, -0.2) is 0 Å². The first-order valence-corrected chi connectivity index (χ1v) is 8.25. The topological polar surface area (TPSA) is 59.8 Å². The Morgan fingerprint density at radius 3 is 3.10 bits per heavy atom. The van der Waals surface area contributed by atoms with E-state index in [4.69, 9.17) is 0 Å². The molecule has 0 fully saturated rings. The second kappa shape index (κ2) is 5.97. The number of carbonyl (C=O) groups is 1. The molecule has 0 bridgehead atoms. The van der Waals surface area contributed by atoms with E-state index in [1.54, 1.807) is 11.3 Å². The minimum Gasteiger partial charge on any atom is -0.351 e. The van der Waals surface area contributed by atoms with Crippen molar-refractivity contribution in [3.63, 3.8) is 0 Å². The molecule has 0 aliphatic carbocycles. The Balaban J connectivity index is 1.63. The van der Waals surface area contributed by atoms with Crippen LogP contribution in [0.4, 0.5) is 0 Å². The Hall–Kier alpha value is -1.69. The van der Waals surface area contributed by atoms with E-state index in [1.165, 1.54) is 0 Å². The lowest BCUT2D eigenvalue weighted by molar-refractivity contribution is -0.121. The highest BCUT2D eigenvalue weighted by Crippen LogP contribution is 2.20. The smallest absolute Gasteiger partial charge is 0.225 e. The Morgan fingerprint density at radius 1 is 1.52 bits per heavy atom. The first kappa shape index (κ1) is 14.3. The normalized spacial score (nSPS) is 17.8. The predicted octanol–water partition coefficient (Wildman–Crippen LogP) is 2.14. The number of fused-ring (bicyclic) bond motifs is 1. The molecule has 6 heteroatoms. The molecule has 112 valence electrons. The van der Waals surface area contributed by atoms with Crippen molar-refractivity contribution in [1.29, 1.82) is 0 Å². The Kier molecular flexibility index (Phi) is 4.05. The molecule has 0 saturated heterocycles. The van der Waals surface area contributed by atoms with Crippen LogP contribution in [0, 0.1) is 0 Å². The molecule has 2 aromatic heterocycles. The maximum atomic E-state index is 12.1. The molecule has 1 N–H and O–H groups in total. The molecule has 21 heavy (non-hydrogen) atoms. The summed E-state index contributed by atoms with van der Waals surface area (Å²) < 4.78 is 2.17.